The summed E-state index contributed by atoms with van der Waals surface area (Å²) in [6.07, 6.45) is 2.65. The van der Waals surface area contributed by atoms with E-state index in [1.54, 1.807) is 6.07 Å². The summed E-state index contributed by atoms with van der Waals surface area (Å²) in [5, 5.41) is 2.88. The lowest BCUT2D eigenvalue weighted by molar-refractivity contribution is -0.140. The Kier molecular flexibility index (Phi) is 7.35. The molecule has 0 saturated carbocycles. The van der Waals surface area contributed by atoms with Gasteiger partial charge in [0.05, 0.1) is 24.3 Å². The highest BCUT2D eigenvalue weighted by atomic mass is 32.2. The molecule has 0 atom stereocenters. The Hall–Kier alpha value is -3.73. The molecule has 0 fully saturated rings. The number of amides is 1. The maximum absolute atomic E-state index is 13.4. The zero-order valence-electron chi connectivity index (χ0n) is 18.9. The number of nitrogens with one attached hydrogen (secondary N) is 1. The number of hydrogen-bond donors (Lipinski definition) is 1. The molecule has 180 valence electrons. The normalized spacial score (nSPS) is 11.3. The third-order valence-electron chi connectivity index (χ3n) is 5.08. The van der Waals surface area contributed by atoms with Crippen LogP contribution in [0.2, 0.25) is 0 Å². The smallest absolute Gasteiger partial charge is 0.305 e. The van der Waals surface area contributed by atoms with Crippen molar-refractivity contribution in [1.82, 2.24) is 10.3 Å². The van der Waals surface area contributed by atoms with Gasteiger partial charge in [0.1, 0.15) is 11.6 Å². The molecule has 0 radical (unpaired) electrons. The van der Waals surface area contributed by atoms with Crippen LogP contribution in [-0.4, -0.2) is 52.2 Å². The summed E-state index contributed by atoms with van der Waals surface area (Å²) in [6.45, 7) is 3.70. The number of methoxy groups -OCH3 is 1. The van der Waals surface area contributed by atoms with Crippen LogP contribution in [0.4, 0.5) is 10.2 Å². The number of nitrogens with zero attached hydrogens (tertiary/aromatic N) is 2. The number of hydrogen-bond acceptors (Lipinski definition) is 7. The SMILES string of the molecule is C=Cc1cc2c(C(=O)NC)c(-c3ccc(F)cc3)oc2nc1N(CCCC(=O)OC)S(C)(=O)=O. The highest BCUT2D eigenvalue weighted by Crippen LogP contribution is 2.36. The Balaban J connectivity index is 2.20. The van der Waals surface area contributed by atoms with Crippen molar-refractivity contribution in [2.24, 2.45) is 0 Å². The second-order valence-electron chi connectivity index (χ2n) is 7.37. The second kappa shape index (κ2) is 10.0. The van der Waals surface area contributed by atoms with Gasteiger partial charge in [-0.2, -0.15) is 4.98 Å². The molecule has 0 aliphatic carbocycles. The van der Waals surface area contributed by atoms with E-state index >= 15 is 0 Å². The number of ether oxygens (including phenoxy) is 1. The van der Waals surface area contributed by atoms with Crippen LogP contribution in [0.5, 0.6) is 0 Å². The third-order valence-corrected chi connectivity index (χ3v) is 6.23. The van der Waals surface area contributed by atoms with Gasteiger partial charge >= 0.3 is 5.97 Å². The van der Waals surface area contributed by atoms with Crippen molar-refractivity contribution in [2.45, 2.75) is 12.8 Å². The fraction of sp³-hybridized carbons (Fsp3) is 0.261. The zero-order valence-corrected chi connectivity index (χ0v) is 19.7. The lowest BCUT2D eigenvalue weighted by Crippen LogP contribution is -2.32. The fourth-order valence-corrected chi connectivity index (χ4v) is 4.35. The summed E-state index contributed by atoms with van der Waals surface area (Å²) in [6, 6.07) is 6.95. The molecule has 0 aliphatic heterocycles. The van der Waals surface area contributed by atoms with E-state index in [9.17, 15) is 22.4 Å². The molecular formula is C23H24FN3O6S. The minimum Gasteiger partial charge on any atom is -0.469 e. The molecule has 2 aromatic heterocycles. The minimum absolute atomic E-state index is 0.0140. The number of benzene rings is 1. The maximum Gasteiger partial charge on any atom is 0.305 e. The minimum atomic E-state index is -3.80. The number of furan rings is 1. The number of aromatic nitrogens is 1. The highest BCUT2D eigenvalue weighted by Gasteiger charge is 2.27. The number of pyridine rings is 1. The van der Waals surface area contributed by atoms with Crippen LogP contribution in [0.15, 0.2) is 41.3 Å². The summed E-state index contributed by atoms with van der Waals surface area (Å²) < 4.78 is 50.1. The topological polar surface area (TPSA) is 119 Å². The number of sulfonamides is 1. The zero-order chi connectivity index (χ0) is 25.0. The van der Waals surface area contributed by atoms with Crippen LogP contribution in [0.1, 0.15) is 28.8 Å². The standard InChI is InChI=1S/C23H24FN3O6S/c1-5-14-13-17-19(22(29)25-2)20(15-8-10-16(24)11-9-15)33-23(17)26-21(14)27(34(4,30)31)12-6-7-18(28)32-3/h5,8-11,13H,1,6-7,12H2,2-4H3,(H,25,29). The Bertz CT molecular complexity index is 1350. The van der Waals surface area contributed by atoms with Crippen LogP contribution in [0.3, 0.4) is 0 Å². The molecule has 3 rings (SSSR count). The van der Waals surface area contributed by atoms with Crippen molar-refractivity contribution < 1.29 is 31.6 Å². The van der Waals surface area contributed by atoms with Gasteiger partial charge in [-0.3, -0.25) is 13.9 Å². The first-order chi connectivity index (χ1) is 16.1. The van der Waals surface area contributed by atoms with Crippen molar-refractivity contribution in [2.75, 3.05) is 31.3 Å². The van der Waals surface area contributed by atoms with Crippen LogP contribution < -0.4 is 9.62 Å². The average Bonchev–Trinajstić information content (AvgIpc) is 3.18. The number of esters is 1. The Morgan fingerprint density at radius 2 is 1.97 bits per heavy atom. The number of carbonyl (C=O) groups is 2. The highest BCUT2D eigenvalue weighted by molar-refractivity contribution is 7.92. The molecule has 0 spiro atoms. The van der Waals surface area contributed by atoms with Gasteiger partial charge in [0.2, 0.25) is 15.7 Å². The molecule has 11 heteroatoms. The first kappa shape index (κ1) is 24.9. The Morgan fingerprint density at radius 1 is 1.29 bits per heavy atom. The first-order valence-corrected chi connectivity index (χ1v) is 12.1. The molecule has 34 heavy (non-hydrogen) atoms. The van der Waals surface area contributed by atoms with Crippen LogP contribution in [-0.2, 0) is 19.6 Å². The largest absolute Gasteiger partial charge is 0.469 e. The average molecular weight is 490 g/mol. The summed E-state index contributed by atoms with van der Waals surface area (Å²) in [7, 11) is -1.09. The lowest BCUT2D eigenvalue weighted by atomic mass is 10.0. The van der Waals surface area contributed by atoms with Crippen molar-refractivity contribution in [3.05, 3.63) is 53.9 Å². The molecule has 0 saturated heterocycles. The van der Waals surface area contributed by atoms with Gasteiger partial charge in [0.15, 0.2) is 5.82 Å². The molecule has 1 aromatic carbocycles. The quantitative estimate of drug-likeness (QED) is 0.458. The number of carbonyl (C=O) groups excluding carboxylic acids is 2. The molecule has 1 N–H and O–H groups in total. The Morgan fingerprint density at radius 3 is 2.53 bits per heavy atom. The second-order valence-corrected chi connectivity index (χ2v) is 9.27. The summed E-state index contributed by atoms with van der Waals surface area (Å²) in [5.41, 5.74) is 0.966. The van der Waals surface area contributed by atoms with Crippen LogP contribution >= 0.6 is 0 Å². The first-order valence-electron chi connectivity index (χ1n) is 10.2. The number of rotatable bonds is 9. The predicted octanol–water partition coefficient (Wildman–Crippen LogP) is 3.36. The predicted molar refractivity (Wildman–Crippen MR) is 126 cm³/mol. The molecule has 0 aliphatic rings. The monoisotopic (exact) mass is 489 g/mol. The fourth-order valence-electron chi connectivity index (χ4n) is 3.43. The van der Waals surface area contributed by atoms with Gasteiger partial charge in [-0.15, -0.1) is 0 Å². The van der Waals surface area contributed by atoms with Crippen LogP contribution in [0.25, 0.3) is 28.5 Å². The molecule has 2 heterocycles. The van der Waals surface area contributed by atoms with Gasteiger partial charge in [-0.05, 0) is 36.8 Å². The number of anilines is 1. The number of halogens is 1. The molecular weight excluding hydrogens is 465 g/mol. The molecule has 3 aromatic rings. The maximum atomic E-state index is 13.4. The summed E-state index contributed by atoms with van der Waals surface area (Å²) in [5.74, 6) is -1.18. The summed E-state index contributed by atoms with van der Waals surface area (Å²) >= 11 is 0. The van der Waals surface area contributed by atoms with Crippen molar-refractivity contribution in [1.29, 1.82) is 0 Å². The van der Waals surface area contributed by atoms with E-state index in [0.29, 0.717) is 16.5 Å². The van der Waals surface area contributed by atoms with E-state index in [0.717, 1.165) is 10.6 Å². The summed E-state index contributed by atoms with van der Waals surface area (Å²) in [4.78, 5) is 28.6. The van der Waals surface area contributed by atoms with Gasteiger partial charge < -0.3 is 14.5 Å². The molecule has 9 nitrogen and oxygen atoms in total. The molecule has 0 unspecified atom stereocenters. The van der Waals surface area contributed by atoms with E-state index in [4.69, 9.17) is 4.42 Å². The molecule has 0 bridgehead atoms. The van der Waals surface area contributed by atoms with Crippen molar-refractivity contribution in [3.63, 3.8) is 0 Å². The van der Waals surface area contributed by atoms with E-state index in [2.05, 4.69) is 21.6 Å². The van der Waals surface area contributed by atoms with Gasteiger partial charge in [0, 0.05) is 31.1 Å². The van der Waals surface area contributed by atoms with Gasteiger partial charge in [-0.25, -0.2) is 12.8 Å². The Labute approximate surface area is 196 Å². The van der Waals surface area contributed by atoms with Gasteiger partial charge in [-0.1, -0.05) is 12.7 Å². The van der Waals surface area contributed by atoms with E-state index in [1.165, 1.54) is 44.5 Å². The third kappa shape index (κ3) is 5.09. The number of fused-ring (bicyclic) bond motifs is 1. The lowest BCUT2D eigenvalue weighted by Gasteiger charge is -2.22. The van der Waals surface area contributed by atoms with Gasteiger partial charge in [0.25, 0.3) is 5.91 Å². The van der Waals surface area contributed by atoms with Crippen molar-refractivity contribution >= 4 is 44.9 Å². The van der Waals surface area contributed by atoms with E-state index < -0.39 is 27.7 Å². The van der Waals surface area contributed by atoms with E-state index in [-0.39, 0.29) is 42.2 Å². The van der Waals surface area contributed by atoms with Crippen LogP contribution in [0, 0.1) is 5.82 Å². The molecule has 1 amide bonds. The van der Waals surface area contributed by atoms with E-state index in [1.807, 2.05) is 0 Å². The van der Waals surface area contributed by atoms with Crippen molar-refractivity contribution in [3.8, 4) is 11.3 Å².